The van der Waals surface area contributed by atoms with Crippen LogP contribution in [-0.2, 0) is 22.4 Å². The molecule has 0 atom stereocenters. The summed E-state index contributed by atoms with van der Waals surface area (Å²) in [4.78, 5) is 8.32. The molecule has 13 heteroatoms. The molecular weight excluding hydrogens is 528 g/mol. The van der Waals surface area contributed by atoms with E-state index in [-0.39, 0.29) is 32.4 Å². The van der Waals surface area contributed by atoms with Crippen molar-refractivity contribution in [2.75, 3.05) is 0 Å². The van der Waals surface area contributed by atoms with Gasteiger partial charge in [0.1, 0.15) is 9.90 Å². The van der Waals surface area contributed by atoms with E-state index in [0.717, 1.165) is 29.5 Å². The summed E-state index contributed by atoms with van der Waals surface area (Å²) in [7, 11) is -3.93. The lowest BCUT2D eigenvalue weighted by Gasteiger charge is -2.14. The van der Waals surface area contributed by atoms with Crippen LogP contribution in [0.2, 0.25) is 0 Å². The van der Waals surface area contributed by atoms with E-state index in [1.807, 2.05) is 0 Å². The number of sulfonamides is 1. The molecular formula is C23H15F6N3O2S2. The first-order valence-electron chi connectivity index (χ1n) is 10.0. The van der Waals surface area contributed by atoms with Crippen molar-refractivity contribution in [1.29, 1.82) is 0 Å². The third-order valence-corrected chi connectivity index (χ3v) is 7.68. The van der Waals surface area contributed by atoms with Crippen LogP contribution < -0.4 is 5.14 Å². The van der Waals surface area contributed by atoms with Crippen LogP contribution in [0.5, 0.6) is 0 Å². The molecule has 0 aliphatic carbocycles. The van der Waals surface area contributed by atoms with Gasteiger partial charge in [0.2, 0.25) is 10.0 Å². The summed E-state index contributed by atoms with van der Waals surface area (Å²) in [5.74, 6) is -0.303. The highest BCUT2D eigenvalue weighted by Gasteiger charge is 2.35. The molecule has 2 aromatic carbocycles. The van der Waals surface area contributed by atoms with Gasteiger partial charge >= 0.3 is 12.4 Å². The van der Waals surface area contributed by atoms with Crippen LogP contribution in [0.15, 0.2) is 64.9 Å². The maximum absolute atomic E-state index is 13.6. The van der Waals surface area contributed by atoms with Crippen molar-refractivity contribution in [3.63, 3.8) is 0 Å². The molecule has 0 radical (unpaired) electrons. The molecule has 188 valence electrons. The summed E-state index contributed by atoms with van der Waals surface area (Å²) in [6.07, 6.45) is -9.45. The predicted molar refractivity (Wildman–Crippen MR) is 122 cm³/mol. The first kappa shape index (κ1) is 25.8. The maximum Gasteiger partial charge on any atom is 0.433 e. The molecule has 0 unspecified atom stereocenters. The topological polar surface area (TPSA) is 85.9 Å². The van der Waals surface area contributed by atoms with Crippen molar-refractivity contribution in [2.24, 2.45) is 5.14 Å². The average molecular weight is 544 g/mol. The van der Waals surface area contributed by atoms with Gasteiger partial charge in [0.05, 0.1) is 11.3 Å². The van der Waals surface area contributed by atoms with Crippen LogP contribution in [0, 0.1) is 6.92 Å². The summed E-state index contributed by atoms with van der Waals surface area (Å²) in [5.41, 5.74) is -1.81. The number of nitrogens with zero attached hydrogens (tertiary/aromatic N) is 2. The first-order chi connectivity index (χ1) is 16.6. The van der Waals surface area contributed by atoms with Crippen LogP contribution in [-0.4, -0.2) is 18.4 Å². The number of primary sulfonamides is 1. The molecule has 0 bridgehead atoms. The molecule has 36 heavy (non-hydrogen) atoms. The molecule has 0 fully saturated rings. The number of rotatable bonds is 4. The first-order valence-corrected chi connectivity index (χ1v) is 12.4. The fourth-order valence-electron chi connectivity index (χ4n) is 3.45. The number of alkyl halides is 6. The maximum atomic E-state index is 13.6. The van der Waals surface area contributed by atoms with E-state index in [2.05, 4.69) is 9.97 Å². The molecule has 0 spiro atoms. The number of aromatic nitrogens is 2. The number of halogens is 6. The largest absolute Gasteiger partial charge is 0.433 e. The van der Waals surface area contributed by atoms with Crippen LogP contribution in [0.4, 0.5) is 26.3 Å². The molecule has 0 saturated heterocycles. The van der Waals surface area contributed by atoms with Gasteiger partial charge in [0.25, 0.3) is 0 Å². The molecule has 2 aromatic heterocycles. The summed E-state index contributed by atoms with van der Waals surface area (Å²) in [6, 6.07) is 12.6. The van der Waals surface area contributed by atoms with E-state index in [4.69, 9.17) is 5.14 Å². The number of hydrogen-bond donors (Lipinski definition) is 1. The Morgan fingerprint density at radius 2 is 1.50 bits per heavy atom. The van der Waals surface area contributed by atoms with Crippen LogP contribution in [0.3, 0.4) is 0 Å². The molecule has 0 saturated carbocycles. The predicted octanol–water partition coefficient (Wildman–Crippen LogP) is 6.53. The molecule has 2 heterocycles. The van der Waals surface area contributed by atoms with E-state index < -0.39 is 33.6 Å². The summed E-state index contributed by atoms with van der Waals surface area (Å²) < 4.78 is 103. The highest BCUT2D eigenvalue weighted by Crippen LogP contribution is 2.37. The fourth-order valence-corrected chi connectivity index (χ4v) is 5.18. The zero-order valence-electron chi connectivity index (χ0n) is 18.1. The van der Waals surface area contributed by atoms with E-state index >= 15 is 0 Å². The van der Waals surface area contributed by atoms with Gasteiger partial charge in [0.15, 0.2) is 5.82 Å². The van der Waals surface area contributed by atoms with Crippen molar-refractivity contribution in [2.45, 2.75) is 23.5 Å². The van der Waals surface area contributed by atoms with Gasteiger partial charge in [-0.1, -0.05) is 24.3 Å². The fraction of sp³-hybridized carbons (Fsp3) is 0.130. The molecule has 5 nitrogen and oxygen atoms in total. The Bertz CT molecular complexity index is 1560. The Hall–Kier alpha value is -3.29. The lowest BCUT2D eigenvalue weighted by Crippen LogP contribution is -2.11. The Morgan fingerprint density at radius 1 is 0.806 bits per heavy atom. The second kappa shape index (κ2) is 8.98. The standard InChI is InChI=1S/C23H15F6N3O2S2/c1-12-9-13(5-6-16(12)22(24,25)26)17-11-19(23(27,28)29)32-21(31-17)15-4-2-3-14(10-15)18-7-8-20(35-18)36(30,33)34/h2-11H,1H3,(H2,30,33,34). The Balaban J connectivity index is 1.83. The number of thiophene rings is 1. The minimum Gasteiger partial charge on any atom is -0.228 e. The second-order valence-corrected chi connectivity index (χ2v) is 10.6. The van der Waals surface area contributed by atoms with Gasteiger partial charge < -0.3 is 0 Å². The zero-order valence-corrected chi connectivity index (χ0v) is 19.8. The Labute approximate surface area is 205 Å². The van der Waals surface area contributed by atoms with Gasteiger partial charge in [0, 0.05) is 16.0 Å². The van der Waals surface area contributed by atoms with E-state index in [1.165, 1.54) is 37.3 Å². The summed E-state index contributed by atoms with van der Waals surface area (Å²) in [5, 5.41) is 5.14. The van der Waals surface area contributed by atoms with Crippen molar-refractivity contribution < 1.29 is 34.8 Å². The van der Waals surface area contributed by atoms with Gasteiger partial charge in [-0.25, -0.2) is 23.5 Å². The summed E-state index contributed by atoms with van der Waals surface area (Å²) >= 11 is 0.883. The Kier molecular flexibility index (Phi) is 6.43. The van der Waals surface area contributed by atoms with Gasteiger partial charge in [-0.05, 0) is 54.4 Å². The smallest absolute Gasteiger partial charge is 0.228 e. The molecule has 2 N–H and O–H groups in total. The van der Waals surface area contributed by atoms with Gasteiger partial charge in [-0.15, -0.1) is 11.3 Å². The van der Waals surface area contributed by atoms with Crippen LogP contribution in [0.1, 0.15) is 16.8 Å². The van der Waals surface area contributed by atoms with Crippen molar-refractivity contribution in [3.05, 3.63) is 77.5 Å². The third kappa shape index (κ3) is 5.42. The molecule has 0 aliphatic heterocycles. The normalized spacial score (nSPS) is 12.7. The second-order valence-electron chi connectivity index (χ2n) is 7.73. The average Bonchev–Trinajstić information content (AvgIpc) is 3.28. The number of aryl methyl sites for hydroxylation is 1. The van der Waals surface area contributed by atoms with Crippen LogP contribution in [0.25, 0.3) is 33.1 Å². The quantitative estimate of drug-likeness (QED) is 0.297. The highest BCUT2D eigenvalue weighted by molar-refractivity contribution is 7.91. The molecule has 0 amide bonds. The number of hydrogen-bond acceptors (Lipinski definition) is 5. The monoisotopic (exact) mass is 543 g/mol. The number of benzene rings is 2. The zero-order chi connectivity index (χ0) is 26.5. The SMILES string of the molecule is Cc1cc(-c2cc(C(F)(F)F)nc(-c3cccc(-c4ccc(S(N)(=O)=O)s4)c3)n2)ccc1C(F)(F)F. The minimum atomic E-state index is -4.84. The molecule has 4 rings (SSSR count). The Morgan fingerprint density at radius 3 is 2.08 bits per heavy atom. The van der Waals surface area contributed by atoms with Crippen molar-refractivity contribution in [1.82, 2.24) is 9.97 Å². The van der Waals surface area contributed by atoms with Crippen molar-refractivity contribution >= 4 is 21.4 Å². The lowest BCUT2D eigenvalue weighted by atomic mass is 10.0. The summed E-state index contributed by atoms with van der Waals surface area (Å²) in [6.45, 7) is 1.21. The van der Waals surface area contributed by atoms with E-state index in [0.29, 0.717) is 16.5 Å². The minimum absolute atomic E-state index is 0.0573. The van der Waals surface area contributed by atoms with E-state index in [9.17, 15) is 34.8 Å². The van der Waals surface area contributed by atoms with E-state index in [1.54, 1.807) is 6.07 Å². The third-order valence-electron chi connectivity index (χ3n) is 5.11. The highest BCUT2D eigenvalue weighted by atomic mass is 32.2. The molecule has 0 aliphatic rings. The molecule has 4 aromatic rings. The van der Waals surface area contributed by atoms with Crippen molar-refractivity contribution in [3.8, 4) is 33.1 Å². The van der Waals surface area contributed by atoms with Gasteiger partial charge in [-0.3, -0.25) is 0 Å². The van der Waals surface area contributed by atoms with Gasteiger partial charge in [-0.2, -0.15) is 26.3 Å². The lowest BCUT2D eigenvalue weighted by molar-refractivity contribution is -0.141. The van der Waals surface area contributed by atoms with Crippen LogP contribution >= 0.6 is 11.3 Å². The number of nitrogens with two attached hydrogens (primary N) is 1.